The van der Waals surface area contributed by atoms with Gasteiger partial charge in [-0.3, -0.25) is 4.79 Å². The molecule has 0 aliphatic carbocycles. The molecule has 2 fully saturated rings. The summed E-state index contributed by atoms with van der Waals surface area (Å²) in [4.78, 5) is 35.4. The third kappa shape index (κ3) is 6.62. The molecular formula is C27H31NO12. The van der Waals surface area contributed by atoms with E-state index in [1.54, 1.807) is 30.3 Å². The van der Waals surface area contributed by atoms with Gasteiger partial charge in [0, 0.05) is 12.5 Å². The number of rotatable bonds is 10. The number of nitrogens with one attached hydrogen (secondary N) is 1. The molecule has 0 spiro atoms. The fourth-order valence-corrected chi connectivity index (χ4v) is 4.52. The van der Waals surface area contributed by atoms with Gasteiger partial charge in [0.25, 0.3) is 0 Å². The molecule has 2 aromatic carbocycles. The minimum absolute atomic E-state index is 0.0462. The Morgan fingerprint density at radius 3 is 2.35 bits per heavy atom. The topological polar surface area (TPSA) is 157 Å². The van der Waals surface area contributed by atoms with Gasteiger partial charge in [-0.2, -0.15) is 0 Å². The summed E-state index contributed by atoms with van der Waals surface area (Å²) in [5.41, 5.74) is 0.934. The first kappa shape index (κ1) is 29.1. The molecule has 0 bridgehead atoms. The summed E-state index contributed by atoms with van der Waals surface area (Å²) in [5.74, 6) is -0.825. The Labute approximate surface area is 230 Å². The second kappa shape index (κ2) is 13.0. The maximum Gasteiger partial charge on any atom is 0.337 e. The highest BCUT2D eigenvalue weighted by Gasteiger charge is 2.52. The number of carboxylic acids is 1. The fraction of sp³-hybridized carbons (Fsp3) is 0.444. The van der Waals surface area contributed by atoms with Gasteiger partial charge in [-0.05, 0) is 36.4 Å². The Balaban J connectivity index is 1.61. The highest BCUT2D eigenvalue weighted by atomic mass is 16.8. The van der Waals surface area contributed by atoms with Crippen LogP contribution in [-0.4, -0.2) is 88.1 Å². The van der Waals surface area contributed by atoms with Crippen LogP contribution in [0.4, 0.5) is 0 Å². The molecule has 216 valence electrons. The van der Waals surface area contributed by atoms with Crippen molar-refractivity contribution in [2.24, 2.45) is 0 Å². The number of methoxy groups -OCH3 is 3. The molecule has 0 saturated carbocycles. The fourth-order valence-electron chi connectivity index (χ4n) is 4.52. The van der Waals surface area contributed by atoms with Gasteiger partial charge in [-0.1, -0.05) is 6.07 Å². The number of esters is 1. The van der Waals surface area contributed by atoms with Crippen LogP contribution in [-0.2, 0) is 33.3 Å². The molecule has 2 saturated heterocycles. The number of hydrogen-bond donors (Lipinski definition) is 2. The third-order valence-corrected chi connectivity index (χ3v) is 6.32. The summed E-state index contributed by atoms with van der Waals surface area (Å²) in [7, 11) is 4.30. The lowest BCUT2D eigenvalue weighted by Gasteiger charge is -2.49. The molecule has 40 heavy (non-hydrogen) atoms. The number of ether oxygens (including phenoxy) is 8. The summed E-state index contributed by atoms with van der Waals surface area (Å²) >= 11 is 0. The number of hydrogen-bond acceptors (Lipinski definition) is 11. The number of aliphatic carboxylic acids is 1. The van der Waals surface area contributed by atoms with E-state index < -0.39 is 61.4 Å². The van der Waals surface area contributed by atoms with Gasteiger partial charge >= 0.3 is 11.9 Å². The van der Waals surface area contributed by atoms with Gasteiger partial charge in [-0.25, -0.2) is 9.59 Å². The molecule has 0 aromatic heterocycles. The van der Waals surface area contributed by atoms with Crippen LogP contribution in [0.15, 0.2) is 42.5 Å². The summed E-state index contributed by atoms with van der Waals surface area (Å²) in [5, 5.41) is 12.1. The molecule has 0 radical (unpaired) electrons. The van der Waals surface area contributed by atoms with Crippen LogP contribution in [0.5, 0.6) is 17.2 Å². The zero-order chi connectivity index (χ0) is 28.8. The van der Waals surface area contributed by atoms with E-state index in [0.29, 0.717) is 28.4 Å². The zero-order valence-electron chi connectivity index (χ0n) is 22.4. The molecule has 1 amide bonds. The van der Waals surface area contributed by atoms with E-state index in [9.17, 15) is 19.5 Å². The van der Waals surface area contributed by atoms with Crippen LogP contribution in [0.25, 0.3) is 0 Å². The number of benzene rings is 2. The largest absolute Gasteiger partial charge is 0.493 e. The lowest BCUT2D eigenvalue weighted by atomic mass is 9.95. The van der Waals surface area contributed by atoms with Crippen LogP contribution in [0.3, 0.4) is 0 Å². The Bertz CT molecular complexity index is 1200. The second-order valence-corrected chi connectivity index (χ2v) is 8.95. The van der Waals surface area contributed by atoms with E-state index in [4.69, 9.17) is 37.9 Å². The lowest BCUT2D eigenvalue weighted by molar-refractivity contribution is -0.337. The number of carboxylic acid groups (broad SMARTS) is 1. The quantitative estimate of drug-likeness (QED) is 0.405. The predicted octanol–water partition coefficient (Wildman–Crippen LogP) is 1.68. The average molecular weight is 562 g/mol. The molecule has 2 heterocycles. The summed E-state index contributed by atoms with van der Waals surface area (Å²) < 4.78 is 45.5. The average Bonchev–Trinajstić information content (AvgIpc) is 2.95. The van der Waals surface area contributed by atoms with Crippen molar-refractivity contribution in [1.29, 1.82) is 0 Å². The number of carbonyl (C=O) groups excluding carboxylic acids is 2. The van der Waals surface area contributed by atoms with Crippen LogP contribution in [0.1, 0.15) is 29.1 Å². The van der Waals surface area contributed by atoms with Crippen molar-refractivity contribution in [2.75, 3.05) is 34.5 Å². The normalized spacial score (nSPS) is 25.7. The van der Waals surface area contributed by atoms with Crippen LogP contribution < -0.4 is 19.5 Å². The van der Waals surface area contributed by atoms with E-state index in [-0.39, 0.29) is 6.61 Å². The van der Waals surface area contributed by atoms with Gasteiger partial charge in [0.15, 0.2) is 17.8 Å². The van der Waals surface area contributed by atoms with Gasteiger partial charge in [0.2, 0.25) is 12.2 Å². The van der Waals surface area contributed by atoms with Crippen molar-refractivity contribution in [1.82, 2.24) is 5.32 Å². The Morgan fingerprint density at radius 2 is 1.73 bits per heavy atom. The van der Waals surface area contributed by atoms with Gasteiger partial charge < -0.3 is 48.3 Å². The molecule has 6 atom stereocenters. The summed E-state index contributed by atoms with van der Waals surface area (Å²) in [6.07, 6.45) is -4.56. The molecule has 2 aliphatic rings. The minimum Gasteiger partial charge on any atom is -0.493 e. The zero-order valence-corrected chi connectivity index (χ0v) is 22.4. The Hall–Kier alpha value is -3.91. The number of carbonyl (C=O) groups is 3. The van der Waals surface area contributed by atoms with Crippen molar-refractivity contribution in [2.45, 2.75) is 43.9 Å². The number of amides is 1. The Morgan fingerprint density at radius 1 is 1.00 bits per heavy atom. The van der Waals surface area contributed by atoms with Gasteiger partial charge in [-0.15, -0.1) is 0 Å². The summed E-state index contributed by atoms with van der Waals surface area (Å²) in [6, 6.07) is 10.3. The van der Waals surface area contributed by atoms with Crippen LogP contribution >= 0.6 is 0 Å². The summed E-state index contributed by atoms with van der Waals surface area (Å²) in [6.45, 7) is 0.695. The highest BCUT2D eigenvalue weighted by molar-refractivity contribution is 5.89. The van der Waals surface area contributed by atoms with Gasteiger partial charge in [0.05, 0.1) is 33.5 Å². The van der Waals surface area contributed by atoms with Crippen molar-refractivity contribution in [3.05, 3.63) is 53.6 Å². The van der Waals surface area contributed by atoms with Crippen LogP contribution in [0.2, 0.25) is 0 Å². The molecule has 2 aromatic rings. The maximum atomic E-state index is 12.2. The Kier molecular flexibility index (Phi) is 9.42. The van der Waals surface area contributed by atoms with Crippen molar-refractivity contribution >= 4 is 17.8 Å². The first-order chi connectivity index (χ1) is 19.2. The van der Waals surface area contributed by atoms with Crippen molar-refractivity contribution < 1.29 is 57.4 Å². The van der Waals surface area contributed by atoms with E-state index in [1.165, 1.54) is 40.4 Å². The standard InChI is InChI=1S/C27H31NO12/c1-14(29)28-22-24(36-13-21(30)31)23-20(39-27(22)38-17-8-5-15(6-9-17)25(32)35-4)12-37-26(40-23)16-7-10-18(33-2)19(11-16)34-3/h5-11,20,22-24,26-27H,12-13H2,1-4H3,(H,28,29)(H,30,31). The van der Waals surface area contributed by atoms with E-state index in [1.807, 2.05) is 0 Å². The van der Waals surface area contributed by atoms with Crippen molar-refractivity contribution in [3.63, 3.8) is 0 Å². The second-order valence-electron chi connectivity index (χ2n) is 8.95. The first-order valence-electron chi connectivity index (χ1n) is 12.3. The molecule has 13 nitrogen and oxygen atoms in total. The van der Waals surface area contributed by atoms with E-state index >= 15 is 0 Å². The molecule has 2 N–H and O–H groups in total. The molecule has 6 unspecified atom stereocenters. The van der Waals surface area contributed by atoms with E-state index in [2.05, 4.69) is 5.32 Å². The maximum absolute atomic E-state index is 12.2. The molecular weight excluding hydrogens is 530 g/mol. The van der Waals surface area contributed by atoms with Gasteiger partial charge in [0.1, 0.15) is 36.7 Å². The lowest BCUT2D eigenvalue weighted by Crippen LogP contribution is -2.68. The number of fused-ring (bicyclic) bond motifs is 1. The third-order valence-electron chi connectivity index (χ3n) is 6.32. The molecule has 2 aliphatic heterocycles. The monoisotopic (exact) mass is 561 g/mol. The first-order valence-corrected chi connectivity index (χ1v) is 12.3. The minimum atomic E-state index is -1.20. The predicted molar refractivity (Wildman–Crippen MR) is 135 cm³/mol. The van der Waals surface area contributed by atoms with E-state index in [0.717, 1.165) is 0 Å². The van der Waals surface area contributed by atoms with Crippen LogP contribution in [0, 0.1) is 0 Å². The van der Waals surface area contributed by atoms with Crippen molar-refractivity contribution in [3.8, 4) is 17.2 Å². The molecule has 13 heteroatoms. The smallest absolute Gasteiger partial charge is 0.337 e. The highest BCUT2D eigenvalue weighted by Crippen LogP contribution is 2.38. The SMILES string of the molecule is COC(=O)c1ccc(OC2OC3COC(c4ccc(OC)c(OC)c4)OC3C(OCC(=O)O)C2NC(C)=O)cc1. The molecule has 4 rings (SSSR count).